The van der Waals surface area contributed by atoms with Crippen molar-refractivity contribution in [1.29, 1.82) is 0 Å². The van der Waals surface area contributed by atoms with Gasteiger partial charge in [-0.15, -0.1) is 0 Å². The van der Waals surface area contributed by atoms with Gasteiger partial charge in [0.15, 0.2) is 0 Å². The Bertz CT molecular complexity index is 329. The lowest BCUT2D eigenvalue weighted by molar-refractivity contribution is 0.116. The van der Waals surface area contributed by atoms with Crippen molar-refractivity contribution in [1.82, 2.24) is 0 Å². The van der Waals surface area contributed by atoms with Gasteiger partial charge in [-0.3, -0.25) is 0 Å². The first-order valence-electron chi connectivity index (χ1n) is 5.46. The van der Waals surface area contributed by atoms with E-state index in [-0.39, 0.29) is 12.1 Å². The van der Waals surface area contributed by atoms with Gasteiger partial charge in [0.25, 0.3) is 0 Å². The lowest BCUT2D eigenvalue weighted by Crippen LogP contribution is -2.36. The van der Waals surface area contributed by atoms with Gasteiger partial charge in [0.05, 0.1) is 12.1 Å². The van der Waals surface area contributed by atoms with Crippen molar-refractivity contribution in [2.24, 2.45) is 0 Å². The Labute approximate surface area is 104 Å². The van der Waals surface area contributed by atoms with Crippen LogP contribution < -0.4 is 5.32 Å². The topological polar surface area (TPSA) is 32.3 Å². The Morgan fingerprint density at radius 1 is 1.27 bits per heavy atom. The molecule has 2 nitrogen and oxygen atoms in total. The first kappa shape index (κ1) is 11.2. The highest BCUT2D eigenvalue weighted by atomic mass is 127. The van der Waals surface area contributed by atoms with Gasteiger partial charge in [0, 0.05) is 9.26 Å². The minimum atomic E-state index is -0.184. The SMILES string of the molecule is OC1CCCCC1Nc1cccc(I)c1. The third kappa shape index (κ3) is 3.08. The van der Waals surface area contributed by atoms with E-state index in [9.17, 15) is 5.11 Å². The van der Waals surface area contributed by atoms with Crippen LogP contribution in [0.15, 0.2) is 24.3 Å². The fraction of sp³-hybridized carbons (Fsp3) is 0.500. The molecule has 82 valence electrons. The standard InChI is InChI=1S/C12H16INO/c13-9-4-3-5-10(8-9)14-11-6-1-2-7-12(11)15/h3-5,8,11-12,14-15H,1-2,6-7H2. The molecule has 2 rings (SSSR count). The summed E-state index contributed by atoms with van der Waals surface area (Å²) in [6, 6.07) is 8.52. The van der Waals surface area contributed by atoms with Crippen LogP contribution >= 0.6 is 22.6 Å². The third-order valence-corrected chi connectivity index (χ3v) is 3.58. The van der Waals surface area contributed by atoms with Crippen LogP contribution in [0, 0.1) is 3.57 Å². The Kier molecular flexibility index (Phi) is 3.86. The summed E-state index contributed by atoms with van der Waals surface area (Å²) in [5, 5.41) is 13.3. The van der Waals surface area contributed by atoms with Crippen LogP contribution in [0.1, 0.15) is 25.7 Å². The van der Waals surface area contributed by atoms with Crippen molar-refractivity contribution < 1.29 is 5.11 Å². The predicted octanol–water partition coefficient (Wildman–Crippen LogP) is 3.01. The zero-order chi connectivity index (χ0) is 10.7. The number of nitrogens with one attached hydrogen (secondary N) is 1. The van der Waals surface area contributed by atoms with Crippen LogP contribution in [-0.4, -0.2) is 17.3 Å². The van der Waals surface area contributed by atoms with E-state index in [1.807, 2.05) is 6.07 Å². The van der Waals surface area contributed by atoms with Crippen LogP contribution in [0.2, 0.25) is 0 Å². The molecule has 1 fully saturated rings. The van der Waals surface area contributed by atoms with Crippen LogP contribution in [0.4, 0.5) is 5.69 Å². The molecule has 15 heavy (non-hydrogen) atoms. The molecule has 0 spiro atoms. The van der Waals surface area contributed by atoms with Crippen molar-refractivity contribution in [2.75, 3.05) is 5.32 Å². The molecular formula is C12H16INO. The van der Waals surface area contributed by atoms with Crippen molar-refractivity contribution >= 4 is 28.3 Å². The first-order chi connectivity index (χ1) is 7.25. The summed E-state index contributed by atoms with van der Waals surface area (Å²) in [5.74, 6) is 0. The highest BCUT2D eigenvalue weighted by Gasteiger charge is 2.22. The van der Waals surface area contributed by atoms with E-state index in [0.29, 0.717) is 0 Å². The summed E-state index contributed by atoms with van der Waals surface area (Å²) in [5.41, 5.74) is 1.12. The maximum Gasteiger partial charge on any atom is 0.0741 e. The molecule has 0 aromatic heterocycles. The summed E-state index contributed by atoms with van der Waals surface area (Å²) in [6.45, 7) is 0. The molecule has 0 amide bonds. The molecule has 1 saturated carbocycles. The smallest absolute Gasteiger partial charge is 0.0741 e. The highest BCUT2D eigenvalue weighted by Crippen LogP contribution is 2.22. The molecule has 2 unspecified atom stereocenters. The summed E-state index contributed by atoms with van der Waals surface area (Å²) in [7, 11) is 0. The van der Waals surface area contributed by atoms with E-state index in [2.05, 4.69) is 46.1 Å². The fourth-order valence-electron chi connectivity index (χ4n) is 2.07. The van der Waals surface area contributed by atoms with Crippen molar-refractivity contribution in [3.8, 4) is 0 Å². The molecule has 3 heteroatoms. The Balaban J connectivity index is 2.01. The van der Waals surface area contributed by atoms with Gasteiger partial charge in [-0.2, -0.15) is 0 Å². The van der Waals surface area contributed by atoms with Crippen molar-refractivity contribution in [2.45, 2.75) is 37.8 Å². The Morgan fingerprint density at radius 3 is 2.80 bits per heavy atom. The minimum Gasteiger partial charge on any atom is -0.391 e. The van der Waals surface area contributed by atoms with Gasteiger partial charge in [-0.25, -0.2) is 0 Å². The van der Waals surface area contributed by atoms with Crippen LogP contribution in [0.3, 0.4) is 0 Å². The minimum absolute atomic E-state index is 0.184. The molecule has 1 aliphatic carbocycles. The molecule has 0 radical (unpaired) electrons. The van der Waals surface area contributed by atoms with Gasteiger partial charge >= 0.3 is 0 Å². The monoisotopic (exact) mass is 317 g/mol. The number of benzene rings is 1. The molecule has 2 atom stereocenters. The number of anilines is 1. The van der Waals surface area contributed by atoms with Gasteiger partial charge in [0.1, 0.15) is 0 Å². The Morgan fingerprint density at radius 2 is 2.07 bits per heavy atom. The number of halogens is 1. The molecule has 1 aromatic carbocycles. The van der Waals surface area contributed by atoms with E-state index < -0.39 is 0 Å². The zero-order valence-electron chi connectivity index (χ0n) is 8.62. The fourth-order valence-corrected chi connectivity index (χ4v) is 2.62. The van der Waals surface area contributed by atoms with Gasteiger partial charge in [-0.05, 0) is 53.6 Å². The van der Waals surface area contributed by atoms with Crippen LogP contribution in [0.25, 0.3) is 0 Å². The molecule has 1 aliphatic rings. The summed E-state index contributed by atoms with van der Waals surface area (Å²) in [6.07, 6.45) is 4.20. The van der Waals surface area contributed by atoms with Gasteiger partial charge < -0.3 is 10.4 Å². The lowest BCUT2D eigenvalue weighted by atomic mass is 9.92. The average Bonchev–Trinajstić information content (AvgIpc) is 2.22. The number of aliphatic hydroxyl groups is 1. The van der Waals surface area contributed by atoms with Crippen molar-refractivity contribution in [3.05, 3.63) is 27.8 Å². The number of rotatable bonds is 2. The van der Waals surface area contributed by atoms with E-state index in [0.717, 1.165) is 24.9 Å². The molecule has 0 aliphatic heterocycles. The predicted molar refractivity (Wildman–Crippen MR) is 71.0 cm³/mol. The summed E-state index contributed by atoms with van der Waals surface area (Å²) >= 11 is 2.30. The number of aliphatic hydroxyl groups excluding tert-OH is 1. The van der Waals surface area contributed by atoms with Gasteiger partial charge in [0.2, 0.25) is 0 Å². The molecule has 0 heterocycles. The summed E-state index contributed by atoms with van der Waals surface area (Å²) < 4.78 is 1.22. The van der Waals surface area contributed by atoms with E-state index in [1.54, 1.807) is 0 Å². The Hall–Kier alpha value is -0.290. The van der Waals surface area contributed by atoms with Crippen LogP contribution in [0.5, 0.6) is 0 Å². The highest BCUT2D eigenvalue weighted by molar-refractivity contribution is 14.1. The van der Waals surface area contributed by atoms with E-state index in [1.165, 1.54) is 9.99 Å². The van der Waals surface area contributed by atoms with Gasteiger partial charge in [-0.1, -0.05) is 18.9 Å². The second-order valence-corrected chi connectivity index (χ2v) is 5.36. The largest absolute Gasteiger partial charge is 0.391 e. The molecular weight excluding hydrogens is 301 g/mol. The van der Waals surface area contributed by atoms with Crippen molar-refractivity contribution in [3.63, 3.8) is 0 Å². The van der Waals surface area contributed by atoms with E-state index in [4.69, 9.17) is 0 Å². The normalized spacial score (nSPS) is 26.3. The molecule has 0 saturated heterocycles. The molecule has 1 aromatic rings. The first-order valence-corrected chi connectivity index (χ1v) is 6.54. The van der Waals surface area contributed by atoms with Crippen LogP contribution in [-0.2, 0) is 0 Å². The number of hydrogen-bond donors (Lipinski definition) is 2. The quantitative estimate of drug-likeness (QED) is 0.822. The molecule has 0 bridgehead atoms. The lowest BCUT2D eigenvalue weighted by Gasteiger charge is -2.29. The second-order valence-electron chi connectivity index (χ2n) is 4.11. The third-order valence-electron chi connectivity index (χ3n) is 2.91. The maximum absolute atomic E-state index is 9.84. The summed E-state index contributed by atoms with van der Waals surface area (Å²) in [4.78, 5) is 0. The zero-order valence-corrected chi connectivity index (χ0v) is 10.8. The maximum atomic E-state index is 9.84. The second kappa shape index (κ2) is 5.16. The number of hydrogen-bond acceptors (Lipinski definition) is 2. The van der Waals surface area contributed by atoms with E-state index >= 15 is 0 Å². The molecule has 2 N–H and O–H groups in total. The average molecular weight is 317 g/mol.